The van der Waals surface area contributed by atoms with Crippen molar-refractivity contribution in [2.75, 3.05) is 6.54 Å². The average Bonchev–Trinajstić information content (AvgIpc) is 2.02. The van der Waals surface area contributed by atoms with Crippen molar-refractivity contribution in [2.45, 2.75) is 33.7 Å². The second-order valence-electron chi connectivity index (χ2n) is 3.95. The van der Waals surface area contributed by atoms with Crippen molar-refractivity contribution < 1.29 is 9.59 Å². The summed E-state index contributed by atoms with van der Waals surface area (Å²) in [4.78, 5) is 21.7. The molecule has 4 heteroatoms. The van der Waals surface area contributed by atoms with Crippen molar-refractivity contribution >= 4 is 34.9 Å². The SMILES string of the molecule is CC(=O)C(C)N(I)CC(C)(C)C=O. The molecule has 0 saturated carbocycles. The van der Waals surface area contributed by atoms with E-state index in [-0.39, 0.29) is 17.2 Å². The van der Waals surface area contributed by atoms with E-state index in [1.54, 1.807) is 6.92 Å². The van der Waals surface area contributed by atoms with Gasteiger partial charge >= 0.3 is 0 Å². The molecule has 0 aliphatic heterocycles. The van der Waals surface area contributed by atoms with Gasteiger partial charge in [-0.25, -0.2) is 3.11 Å². The van der Waals surface area contributed by atoms with Crippen molar-refractivity contribution in [3.63, 3.8) is 0 Å². The highest BCUT2D eigenvalue weighted by molar-refractivity contribution is 14.1. The predicted octanol–water partition coefficient (Wildman–Crippen LogP) is 1.84. The molecule has 0 aromatic carbocycles. The fourth-order valence-corrected chi connectivity index (χ4v) is 2.03. The zero-order chi connectivity index (χ0) is 10.6. The molecule has 1 unspecified atom stereocenters. The van der Waals surface area contributed by atoms with E-state index in [9.17, 15) is 9.59 Å². The Morgan fingerprint density at radius 2 is 2.08 bits per heavy atom. The van der Waals surface area contributed by atoms with E-state index in [4.69, 9.17) is 0 Å². The number of carbonyl (C=O) groups excluding carboxylic acids is 2. The number of halogens is 1. The van der Waals surface area contributed by atoms with Crippen LogP contribution in [0.5, 0.6) is 0 Å². The second kappa shape index (κ2) is 5.05. The van der Waals surface area contributed by atoms with E-state index in [1.807, 2.05) is 23.9 Å². The number of rotatable bonds is 5. The molecular weight excluding hydrogens is 281 g/mol. The monoisotopic (exact) mass is 297 g/mol. The van der Waals surface area contributed by atoms with Gasteiger partial charge in [0.05, 0.1) is 6.04 Å². The highest BCUT2D eigenvalue weighted by atomic mass is 127. The third-order valence-corrected chi connectivity index (χ3v) is 3.06. The standard InChI is InChI=1S/C9H16INO2/c1-7(8(2)13)11(10)5-9(3,4)6-12/h6-7H,5H2,1-4H3. The van der Waals surface area contributed by atoms with Gasteiger partial charge in [-0.3, -0.25) is 4.79 Å². The first-order valence-electron chi connectivity index (χ1n) is 4.19. The number of carbonyl (C=O) groups is 2. The van der Waals surface area contributed by atoms with E-state index in [0.29, 0.717) is 6.54 Å². The van der Waals surface area contributed by atoms with Crippen molar-refractivity contribution in [1.29, 1.82) is 0 Å². The van der Waals surface area contributed by atoms with Crippen LogP contribution in [0.2, 0.25) is 0 Å². The highest BCUT2D eigenvalue weighted by Gasteiger charge is 2.24. The van der Waals surface area contributed by atoms with Crippen LogP contribution in [0.3, 0.4) is 0 Å². The molecule has 0 heterocycles. The fraction of sp³-hybridized carbons (Fsp3) is 0.778. The summed E-state index contributed by atoms with van der Waals surface area (Å²) < 4.78 is 1.87. The number of hydrogen-bond donors (Lipinski definition) is 0. The molecule has 0 amide bonds. The summed E-state index contributed by atoms with van der Waals surface area (Å²) >= 11 is 2.08. The Hall–Kier alpha value is 0.0300. The number of nitrogens with zero attached hydrogens (tertiary/aromatic N) is 1. The maximum absolute atomic E-state index is 11.0. The maximum Gasteiger partial charge on any atom is 0.147 e. The summed E-state index contributed by atoms with van der Waals surface area (Å²) in [6.45, 7) is 7.72. The zero-order valence-corrected chi connectivity index (χ0v) is 10.7. The van der Waals surface area contributed by atoms with Gasteiger partial charge in [-0.2, -0.15) is 0 Å². The zero-order valence-electron chi connectivity index (χ0n) is 8.50. The van der Waals surface area contributed by atoms with Crippen LogP contribution in [0.25, 0.3) is 0 Å². The highest BCUT2D eigenvalue weighted by Crippen LogP contribution is 2.18. The number of Topliss-reactive ketones (excluding diaryl/α,β-unsaturated/α-hetero) is 1. The minimum absolute atomic E-state index is 0.121. The van der Waals surface area contributed by atoms with Gasteiger partial charge in [-0.15, -0.1) is 0 Å². The molecule has 76 valence electrons. The molecule has 0 aromatic heterocycles. The van der Waals surface area contributed by atoms with E-state index in [1.165, 1.54) is 0 Å². The van der Waals surface area contributed by atoms with E-state index in [2.05, 4.69) is 22.9 Å². The molecule has 0 aliphatic carbocycles. The molecule has 0 aliphatic rings. The van der Waals surface area contributed by atoms with Gasteiger partial charge in [0.1, 0.15) is 12.1 Å². The van der Waals surface area contributed by atoms with Gasteiger partial charge in [0.25, 0.3) is 0 Å². The summed E-state index contributed by atoms with van der Waals surface area (Å²) in [6.07, 6.45) is 0.922. The maximum atomic E-state index is 11.0. The summed E-state index contributed by atoms with van der Waals surface area (Å²) in [7, 11) is 0. The quantitative estimate of drug-likeness (QED) is 0.441. The Balaban J connectivity index is 4.22. The first-order chi connectivity index (χ1) is 5.80. The molecule has 0 aromatic rings. The Morgan fingerprint density at radius 1 is 1.62 bits per heavy atom. The molecule has 3 nitrogen and oxygen atoms in total. The van der Waals surface area contributed by atoms with Gasteiger partial charge < -0.3 is 4.79 Å². The van der Waals surface area contributed by atoms with Crippen molar-refractivity contribution in [3.8, 4) is 0 Å². The third-order valence-electron chi connectivity index (χ3n) is 1.89. The Kier molecular flexibility index (Phi) is 5.06. The summed E-state index contributed by atoms with van der Waals surface area (Å²) in [5.41, 5.74) is -0.384. The normalized spacial score (nSPS) is 14.3. The third kappa shape index (κ3) is 4.71. The number of ketones is 1. The van der Waals surface area contributed by atoms with Crippen LogP contribution in [0.15, 0.2) is 0 Å². The van der Waals surface area contributed by atoms with Crippen molar-refractivity contribution in [3.05, 3.63) is 0 Å². The molecule has 0 saturated heterocycles. The predicted molar refractivity (Wildman–Crippen MR) is 60.7 cm³/mol. The van der Waals surface area contributed by atoms with Crippen LogP contribution in [0, 0.1) is 5.41 Å². The van der Waals surface area contributed by atoms with Crippen LogP contribution < -0.4 is 0 Å². The molecule has 0 bridgehead atoms. The lowest BCUT2D eigenvalue weighted by Crippen LogP contribution is -2.37. The minimum Gasteiger partial charge on any atom is -0.303 e. The van der Waals surface area contributed by atoms with Crippen LogP contribution in [0.1, 0.15) is 27.7 Å². The lowest BCUT2D eigenvalue weighted by Gasteiger charge is -2.26. The topological polar surface area (TPSA) is 37.4 Å². The number of aldehydes is 1. The largest absolute Gasteiger partial charge is 0.303 e. The van der Waals surface area contributed by atoms with Gasteiger partial charge in [0, 0.05) is 34.8 Å². The minimum atomic E-state index is -0.384. The van der Waals surface area contributed by atoms with Gasteiger partial charge in [-0.1, -0.05) is 13.8 Å². The van der Waals surface area contributed by atoms with Crippen molar-refractivity contribution in [2.24, 2.45) is 5.41 Å². The molecule has 0 fully saturated rings. The smallest absolute Gasteiger partial charge is 0.147 e. The first kappa shape index (κ1) is 13.0. The molecule has 13 heavy (non-hydrogen) atoms. The van der Waals surface area contributed by atoms with E-state index < -0.39 is 0 Å². The van der Waals surface area contributed by atoms with Crippen LogP contribution in [-0.2, 0) is 9.59 Å². The molecule has 0 N–H and O–H groups in total. The number of hydrogen-bond acceptors (Lipinski definition) is 3. The molecule has 0 rings (SSSR count). The summed E-state index contributed by atoms with van der Waals surface area (Å²) in [5, 5.41) is 0. The molecule has 1 atom stereocenters. The molecule has 0 spiro atoms. The lowest BCUT2D eigenvalue weighted by atomic mass is 9.95. The van der Waals surface area contributed by atoms with Gasteiger partial charge in [-0.05, 0) is 13.8 Å². The van der Waals surface area contributed by atoms with Crippen LogP contribution in [0.4, 0.5) is 0 Å². The van der Waals surface area contributed by atoms with Gasteiger partial charge in [0.2, 0.25) is 0 Å². The molecule has 0 radical (unpaired) electrons. The first-order valence-corrected chi connectivity index (χ1v) is 5.16. The Morgan fingerprint density at radius 3 is 2.38 bits per heavy atom. The van der Waals surface area contributed by atoms with E-state index >= 15 is 0 Å². The summed E-state index contributed by atoms with van der Waals surface area (Å²) in [6, 6.07) is -0.125. The van der Waals surface area contributed by atoms with Gasteiger partial charge in [0.15, 0.2) is 0 Å². The average molecular weight is 297 g/mol. The lowest BCUT2D eigenvalue weighted by molar-refractivity contribution is -0.121. The Bertz CT molecular complexity index is 204. The fourth-order valence-electron chi connectivity index (χ4n) is 0.761. The van der Waals surface area contributed by atoms with Crippen LogP contribution in [-0.4, -0.2) is 27.8 Å². The second-order valence-corrected chi connectivity index (χ2v) is 5.19. The Labute approximate surface area is 93.4 Å². The van der Waals surface area contributed by atoms with Crippen molar-refractivity contribution in [1.82, 2.24) is 3.11 Å². The van der Waals surface area contributed by atoms with Crippen LogP contribution >= 0.6 is 22.9 Å². The molecular formula is C9H16INO2. The van der Waals surface area contributed by atoms with E-state index in [0.717, 1.165) is 6.29 Å². The summed E-state index contributed by atoms with van der Waals surface area (Å²) in [5.74, 6) is 0.121.